The van der Waals surface area contributed by atoms with E-state index in [-0.39, 0.29) is 18.9 Å². The first-order chi connectivity index (χ1) is 19.6. The number of carbonyl (C=O) groups excluding carboxylic acids is 2. The first-order valence-corrected chi connectivity index (χ1v) is 13.3. The molecule has 0 saturated carbocycles. The number of hydrogen-bond donors (Lipinski definition) is 0. The molecule has 1 heterocycles. The molecule has 0 aliphatic carbocycles. The third kappa shape index (κ3) is 4.22. The molecule has 0 fully saturated rings. The molecule has 1 aliphatic rings. The van der Waals surface area contributed by atoms with Crippen LogP contribution < -0.4 is 0 Å². The van der Waals surface area contributed by atoms with Gasteiger partial charge < -0.3 is 9.47 Å². The average molecular weight is 531 g/mol. The second-order valence-corrected chi connectivity index (χ2v) is 9.29. The van der Waals surface area contributed by atoms with Gasteiger partial charge in [0.15, 0.2) is 5.54 Å². The second kappa shape index (κ2) is 11.5. The molecule has 0 amide bonds. The topological polar surface area (TPSA) is 77.3 Å². The van der Waals surface area contributed by atoms with Gasteiger partial charge in [0.1, 0.15) is 5.70 Å². The van der Waals surface area contributed by atoms with E-state index in [1.54, 1.807) is 13.8 Å². The lowest BCUT2D eigenvalue weighted by molar-refractivity contribution is -0.172. The van der Waals surface area contributed by atoms with Crippen molar-refractivity contribution in [3.63, 3.8) is 0 Å². The van der Waals surface area contributed by atoms with E-state index >= 15 is 0 Å². The highest BCUT2D eigenvalue weighted by Gasteiger charge is 2.72. The zero-order chi connectivity index (χ0) is 28.0. The number of esters is 2. The fraction of sp³-hybridized carbons (Fsp3) is 0.176. The van der Waals surface area contributed by atoms with Crippen molar-refractivity contribution < 1.29 is 19.1 Å². The standard InChI is InChI=1S/C34H30N2O4/c1-3-39-31(37)33(32(38)40-4-2)30(29(25-17-9-5-10-18-25)26-19-11-6-12-20-26)35-36-34(33,27-21-13-7-14-22-27)28-23-15-8-16-24-28/h5-24H,3-4H2,1-2H3. The van der Waals surface area contributed by atoms with Crippen molar-refractivity contribution in [2.45, 2.75) is 19.4 Å². The Morgan fingerprint density at radius 2 is 0.975 bits per heavy atom. The van der Waals surface area contributed by atoms with E-state index in [0.717, 1.165) is 11.1 Å². The third-order valence-electron chi connectivity index (χ3n) is 7.11. The number of hydrogen-bond acceptors (Lipinski definition) is 6. The Kier molecular flexibility index (Phi) is 7.69. The van der Waals surface area contributed by atoms with E-state index in [0.29, 0.717) is 16.7 Å². The number of ether oxygens (including phenoxy) is 2. The van der Waals surface area contributed by atoms with Gasteiger partial charge in [-0.15, -0.1) is 0 Å². The molecule has 40 heavy (non-hydrogen) atoms. The monoisotopic (exact) mass is 530 g/mol. The van der Waals surface area contributed by atoms with Crippen LogP contribution in [0.25, 0.3) is 5.57 Å². The maximum absolute atomic E-state index is 14.5. The fourth-order valence-corrected chi connectivity index (χ4v) is 5.46. The molecule has 0 radical (unpaired) electrons. The molecule has 6 nitrogen and oxygen atoms in total. The molecular formula is C34H30N2O4. The Bertz CT molecular complexity index is 1430. The predicted molar refractivity (Wildman–Crippen MR) is 153 cm³/mol. The van der Waals surface area contributed by atoms with Crippen molar-refractivity contribution in [3.05, 3.63) is 149 Å². The molecule has 6 heteroatoms. The van der Waals surface area contributed by atoms with Gasteiger partial charge in [0, 0.05) is 5.57 Å². The summed E-state index contributed by atoms with van der Waals surface area (Å²) in [6.45, 7) is 3.54. The van der Waals surface area contributed by atoms with Gasteiger partial charge in [0.25, 0.3) is 0 Å². The number of nitrogens with zero attached hydrogens (tertiary/aromatic N) is 2. The van der Waals surface area contributed by atoms with E-state index in [1.807, 2.05) is 121 Å². The summed E-state index contributed by atoms with van der Waals surface area (Å²) in [5.41, 5.74) is -0.145. The summed E-state index contributed by atoms with van der Waals surface area (Å²) < 4.78 is 11.5. The Labute approximate surface area is 234 Å². The molecule has 0 unspecified atom stereocenters. The van der Waals surface area contributed by atoms with Gasteiger partial charge in [-0.1, -0.05) is 121 Å². The van der Waals surface area contributed by atoms with Crippen molar-refractivity contribution in [1.82, 2.24) is 0 Å². The Morgan fingerprint density at radius 1 is 0.600 bits per heavy atom. The number of benzene rings is 4. The summed E-state index contributed by atoms with van der Waals surface area (Å²) in [6, 6.07) is 37.7. The summed E-state index contributed by atoms with van der Waals surface area (Å²) in [4.78, 5) is 29.1. The van der Waals surface area contributed by atoms with Crippen LogP contribution in [0.4, 0.5) is 0 Å². The molecular weight excluding hydrogens is 500 g/mol. The largest absolute Gasteiger partial charge is 0.465 e. The molecule has 0 spiro atoms. The predicted octanol–water partition coefficient (Wildman–Crippen LogP) is 6.97. The average Bonchev–Trinajstić information content (AvgIpc) is 3.37. The quantitative estimate of drug-likeness (QED) is 0.182. The molecule has 0 atom stereocenters. The number of rotatable bonds is 8. The maximum Gasteiger partial charge on any atom is 0.333 e. The van der Waals surface area contributed by atoms with E-state index in [9.17, 15) is 9.59 Å². The lowest BCUT2D eigenvalue weighted by Crippen LogP contribution is -2.56. The van der Waals surface area contributed by atoms with Gasteiger partial charge in [-0.05, 0) is 36.1 Å². The van der Waals surface area contributed by atoms with Crippen molar-refractivity contribution in [1.29, 1.82) is 0 Å². The Hall–Kier alpha value is -4.84. The Balaban J connectivity index is 2.01. The smallest absolute Gasteiger partial charge is 0.333 e. The Morgan fingerprint density at radius 3 is 1.35 bits per heavy atom. The molecule has 5 rings (SSSR count). The van der Waals surface area contributed by atoms with Crippen LogP contribution >= 0.6 is 0 Å². The normalized spacial score (nSPS) is 14.9. The zero-order valence-corrected chi connectivity index (χ0v) is 22.5. The SMILES string of the molecule is CCOC(=O)C1(C(=O)OCC)C(=C(c2ccccc2)c2ccccc2)N=NC1(c1ccccc1)c1ccccc1. The van der Waals surface area contributed by atoms with Crippen LogP contribution in [-0.4, -0.2) is 25.2 Å². The van der Waals surface area contributed by atoms with Crippen molar-refractivity contribution in [3.8, 4) is 0 Å². The molecule has 200 valence electrons. The van der Waals surface area contributed by atoms with Crippen LogP contribution in [0, 0.1) is 5.41 Å². The minimum atomic E-state index is -2.09. The molecule has 0 aromatic heterocycles. The molecule has 4 aromatic rings. The summed E-state index contributed by atoms with van der Waals surface area (Å²) in [7, 11) is 0. The number of carbonyl (C=O) groups is 2. The van der Waals surface area contributed by atoms with Crippen LogP contribution in [0.1, 0.15) is 36.1 Å². The van der Waals surface area contributed by atoms with Crippen molar-refractivity contribution in [2.24, 2.45) is 15.6 Å². The lowest BCUT2D eigenvalue weighted by atomic mass is 9.60. The summed E-state index contributed by atoms with van der Waals surface area (Å²) in [5, 5.41) is 9.65. The minimum Gasteiger partial charge on any atom is -0.465 e. The summed E-state index contributed by atoms with van der Waals surface area (Å²) in [5.74, 6) is -1.55. The maximum atomic E-state index is 14.5. The highest BCUT2D eigenvalue weighted by Crippen LogP contribution is 2.60. The lowest BCUT2D eigenvalue weighted by Gasteiger charge is -2.40. The van der Waals surface area contributed by atoms with Crippen LogP contribution in [0.2, 0.25) is 0 Å². The van der Waals surface area contributed by atoms with Crippen molar-refractivity contribution in [2.75, 3.05) is 13.2 Å². The number of azo groups is 1. The van der Waals surface area contributed by atoms with Gasteiger partial charge >= 0.3 is 11.9 Å². The highest BCUT2D eigenvalue weighted by atomic mass is 16.6. The van der Waals surface area contributed by atoms with E-state index in [4.69, 9.17) is 19.7 Å². The highest BCUT2D eigenvalue weighted by molar-refractivity contribution is 6.09. The third-order valence-corrected chi connectivity index (χ3v) is 7.11. The van der Waals surface area contributed by atoms with Crippen molar-refractivity contribution >= 4 is 17.5 Å². The summed E-state index contributed by atoms with van der Waals surface area (Å²) >= 11 is 0. The van der Waals surface area contributed by atoms with E-state index in [1.165, 1.54) is 0 Å². The molecule has 0 saturated heterocycles. The van der Waals surface area contributed by atoms with Gasteiger partial charge in [-0.25, -0.2) is 0 Å². The van der Waals surface area contributed by atoms with Gasteiger partial charge in [0.2, 0.25) is 5.41 Å². The molecule has 1 aliphatic heterocycles. The molecule has 0 bridgehead atoms. The van der Waals surface area contributed by atoms with E-state index < -0.39 is 22.9 Å². The summed E-state index contributed by atoms with van der Waals surface area (Å²) in [6.07, 6.45) is 0. The fourth-order valence-electron chi connectivity index (χ4n) is 5.46. The van der Waals surface area contributed by atoms with E-state index in [2.05, 4.69) is 0 Å². The van der Waals surface area contributed by atoms with Gasteiger partial charge in [-0.2, -0.15) is 10.2 Å². The van der Waals surface area contributed by atoms with Gasteiger partial charge in [0.05, 0.1) is 13.2 Å². The molecule has 0 N–H and O–H groups in total. The first-order valence-electron chi connectivity index (χ1n) is 13.3. The van der Waals surface area contributed by atoms with Crippen LogP contribution in [0.15, 0.2) is 137 Å². The van der Waals surface area contributed by atoms with Crippen LogP contribution in [0.5, 0.6) is 0 Å². The second-order valence-electron chi connectivity index (χ2n) is 9.29. The first kappa shape index (κ1) is 26.8. The minimum absolute atomic E-state index is 0.0545. The molecule has 4 aromatic carbocycles. The zero-order valence-electron chi connectivity index (χ0n) is 22.5. The van der Waals surface area contributed by atoms with Gasteiger partial charge in [-0.3, -0.25) is 9.59 Å². The van der Waals surface area contributed by atoms with Crippen LogP contribution in [0.3, 0.4) is 0 Å². The van der Waals surface area contributed by atoms with Crippen LogP contribution in [-0.2, 0) is 24.6 Å².